The monoisotopic (exact) mass is 241 g/mol. The molecule has 0 spiro atoms. The van der Waals surface area contributed by atoms with Crippen LogP contribution in [0.2, 0.25) is 0 Å². The highest BCUT2D eigenvalue weighted by Gasteiger charge is 2.28. The minimum absolute atomic E-state index is 0.301. The smallest absolute Gasteiger partial charge is 0.123 e. The lowest BCUT2D eigenvalue weighted by Crippen LogP contribution is -2.15. The molecule has 2 atom stereocenters. The first kappa shape index (κ1) is 12.0. The van der Waals surface area contributed by atoms with Crippen molar-refractivity contribution < 1.29 is 4.74 Å². The number of hydrogen-bond acceptors (Lipinski definition) is 5. The van der Waals surface area contributed by atoms with E-state index < -0.39 is 0 Å². The lowest BCUT2D eigenvalue weighted by atomic mass is 10.0. The molecule has 1 fully saturated rings. The average Bonchev–Trinajstić information content (AvgIpc) is 2.87. The number of nitrogens with zero attached hydrogens (tertiary/aromatic N) is 2. The molecule has 1 aliphatic rings. The van der Waals surface area contributed by atoms with Crippen LogP contribution in [-0.2, 0) is 11.2 Å². The summed E-state index contributed by atoms with van der Waals surface area (Å²) in [6, 6.07) is 0. The van der Waals surface area contributed by atoms with Crippen LogP contribution in [0, 0.1) is 0 Å². The molecule has 1 aromatic rings. The standard InChI is InChI=1S/C11H19N3OS/c1-3-12-6-4-10-13-14-11(16-10)9-5-7-15-8(9)2/h8-9,12H,3-7H2,1-2H3. The molecular formula is C11H19N3OS. The fourth-order valence-electron chi connectivity index (χ4n) is 1.95. The van der Waals surface area contributed by atoms with Gasteiger partial charge in [0.25, 0.3) is 0 Å². The van der Waals surface area contributed by atoms with Gasteiger partial charge in [-0.25, -0.2) is 0 Å². The third-order valence-corrected chi connectivity index (χ3v) is 4.06. The van der Waals surface area contributed by atoms with E-state index in [9.17, 15) is 0 Å². The molecule has 0 saturated carbocycles. The van der Waals surface area contributed by atoms with Crippen LogP contribution in [0.5, 0.6) is 0 Å². The summed E-state index contributed by atoms with van der Waals surface area (Å²) in [4.78, 5) is 0. The Morgan fingerprint density at radius 2 is 2.38 bits per heavy atom. The summed E-state index contributed by atoms with van der Waals surface area (Å²) in [7, 11) is 0. The third kappa shape index (κ3) is 2.78. The molecule has 4 nitrogen and oxygen atoms in total. The molecule has 1 saturated heterocycles. The van der Waals surface area contributed by atoms with Crippen molar-refractivity contribution in [3.05, 3.63) is 10.0 Å². The zero-order valence-corrected chi connectivity index (χ0v) is 10.7. The van der Waals surface area contributed by atoms with Crippen molar-refractivity contribution in [2.45, 2.75) is 38.7 Å². The van der Waals surface area contributed by atoms with E-state index in [0.29, 0.717) is 12.0 Å². The highest BCUT2D eigenvalue weighted by atomic mass is 32.1. The summed E-state index contributed by atoms with van der Waals surface area (Å²) in [5.41, 5.74) is 0. The molecule has 90 valence electrons. The van der Waals surface area contributed by atoms with Gasteiger partial charge in [0.15, 0.2) is 0 Å². The van der Waals surface area contributed by atoms with Gasteiger partial charge in [-0.05, 0) is 19.9 Å². The molecule has 2 rings (SSSR count). The van der Waals surface area contributed by atoms with E-state index in [4.69, 9.17) is 4.74 Å². The Kier molecular flexibility index (Phi) is 4.26. The molecule has 16 heavy (non-hydrogen) atoms. The van der Waals surface area contributed by atoms with Gasteiger partial charge in [-0.3, -0.25) is 0 Å². The van der Waals surface area contributed by atoms with E-state index in [1.54, 1.807) is 11.3 Å². The highest BCUT2D eigenvalue weighted by molar-refractivity contribution is 7.11. The SMILES string of the molecule is CCNCCc1nnc(C2CCOC2C)s1. The molecule has 0 radical (unpaired) electrons. The summed E-state index contributed by atoms with van der Waals surface area (Å²) >= 11 is 1.74. The fraction of sp³-hybridized carbons (Fsp3) is 0.818. The van der Waals surface area contributed by atoms with E-state index in [1.165, 1.54) is 0 Å². The van der Waals surface area contributed by atoms with Crippen molar-refractivity contribution >= 4 is 11.3 Å². The zero-order chi connectivity index (χ0) is 11.4. The summed E-state index contributed by atoms with van der Waals surface area (Å²) < 4.78 is 5.55. The molecule has 0 aliphatic carbocycles. The summed E-state index contributed by atoms with van der Waals surface area (Å²) in [5.74, 6) is 0.463. The van der Waals surface area contributed by atoms with Crippen LogP contribution >= 0.6 is 11.3 Å². The molecule has 0 bridgehead atoms. The van der Waals surface area contributed by atoms with E-state index in [1.807, 2.05) is 0 Å². The number of ether oxygens (including phenoxy) is 1. The van der Waals surface area contributed by atoms with Gasteiger partial charge in [0.05, 0.1) is 6.10 Å². The van der Waals surface area contributed by atoms with Crippen LogP contribution in [-0.4, -0.2) is 36.0 Å². The molecular weight excluding hydrogens is 222 g/mol. The summed E-state index contributed by atoms with van der Waals surface area (Å²) in [5, 5.41) is 14.1. The quantitative estimate of drug-likeness (QED) is 0.795. The molecule has 5 heteroatoms. The Balaban J connectivity index is 1.91. The average molecular weight is 241 g/mol. The Labute approximate surface area is 100 Å². The zero-order valence-electron chi connectivity index (χ0n) is 9.90. The lowest BCUT2D eigenvalue weighted by Gasteiger charge is -2.08. The van der Waals surface area contributed by atoms with E-state index in [-0.39, 0.29) is 0 Å². The van der Waals surface area contributed by atoms with Crippen LogP contribution in [0.3, 0.4) is 0 Å². The number of hydrogen-bond donors (Lipinski definition) is 1. The van der Waals surface area contributed by atoms with Crippen LogP contribution in [0.4, 0.5) is 0 Å². The van der Waals surface area contributed by atoms with Gasteiger partial charge in [0.2, 0.25) is 0 Å². The maximum atomic E-state index is 5.55. The second kappa shape index (κ2) is 5.70. The minimum Gasteiger partial charge on any atom is -0.378 e. The largest absolute Gasteiger partial charge is 0.378 e. The summed E-state index contributed by atoms with van der Waals surface area (Å²) in [6.07, 6.45) is 2.37. The van der Waals surface area contributed by atoms with Crippen molar-refractivity contribution in [2.24, 2.45) is 0 Å². The fourth-order valence-corrected chi connectivity index (χ4v) is 3.02. The van der Waals surface area contributed by atoms with Crippen LogP contribution in [0.15, 0.2) is 0 Å². The molecule has 2 unspecified atom stereocenters. The van der Waals surface area contributed by atoms with Crippen molar-refractivity contribution in [1.82, 2.24) is 15.5 Å². The van der Waals surface area contributed by atoms with E-state index in [0.717, 1.165) is 42.6 Å². The second-order valence-corrected chi connectivity index (χ2v) is 5.20. The van der Waals surface area contributed by atoms with Gasteiger partial charge in [-0.15, -0.1) is 21.5 Å². The first-order valence-electron chi connectivity index (χ1n) is 5.96. The predicted octanol–water partition coefficient (Wildman–Crippen LogP) is 1.58. The van der Waals surface area contributed by atoms with Crippen molar-refractivity contribution in [1.29, 1.82) is 0 Å². The molecule has 0 amide bonds. The number of rotatable bonds is 5. The van der Waals surface area contributed by atoms with E-state index in [2.05, 4.69) is 29.4 Å². The van der Waals surface area contributed by atoms with Crippen molar-refractivity contribution in [3.63, 3.8) is 0 Å². The van der Waals surface area contributed by atoms with Gasteiger partial charge in [-0.2, -0.15) is 0 Å². The molecule has 1 N–H and O–H groups in total. The number of aromatic nitrogens is 2. The topological polar surface area (TPSA) is 47.0 Å². The van der Waals surface area contributed by atoms with Gasteiger partial charge in [0.1, 0.15) is 10.0 Å². The Hall–Kier alpha value is -0.520. The number of likely N-dealkylation sites (N-methyl/N-ethyl adjacent to an activating group) is 1. The lowest BCUT2D eigenvalue weighted by molar-refractivity contribution is 0.118. The Morgan fingerprint density at radius 3 is 3.06 bits per heavy atom. The Bertz CT molecular complexity index is 329. The molecule has 1 aromatic heterocycles. The van der Waals surface area contributed by atoms with Crippen LogP contribution in [0.25, 0.3) is 0 Å². The van der Waals surface area contributed by atoms with Gasteiger partial charge >= 0.3 is 0 Å². The van der Waals surface area contributed by atoms with Crippen molar-refractivity contribution in [3.8, 4) is 0 Å². The van der Waals surface area contributed by atoms with Crippen LogP contribution < -0.4 is 5.32 Å². The maximum Gasteiger partial charge on any atom is 0.123 e. The Morgan fingerprint density at radius 1 is 1.50 bits per heavy atom. The predicted molar refractivity (Wildman–Crippen MR) is 64.9 cm³/mol. The molecule has 2 heterocycles. The second-order valence-electron chi connectivity index (χ2n) is 4.11. The van der Waals surface area contributed by atoms with Crippen LogP contribution in [0.1, 0.15) is 36.2 Å². The molecule has 1 aliphatic heterocycles. The molecule has 0 aromatic carbocycles. The van der Waals surface area contributed by atoms with Gasteiger partial charge in [0, 0.05) is 25.5 Å². The minimum atomic E-state index is 0.301. The first-order valence-corrected chi connectivity index (χ1v) is 6.77. The van der Waals surface area contributed by atoms with Gasteiger partial charge < -0.3 is 10.1 Å². The maximum absolute atomic E-state index is 5.55. The van der Waals surface area contributed by atoms with E-state index >= 15 is 0 Å². The first-order chi connectivity index (χ1) is 7.81. The van der Waals surface area contributed by atoms with Crippen molar-refractivity contribution in [2.75, 3.05) is 19.7 Å². The van der Waals surface area contributed by atoms with Gasteiger partial charge in [-0.1, -0.05) is 6.92 Å². The highest BCUT2D eigenvalue weighted by Crippen LogP contribution is 2.32. The third-order valence-electron chi connectivity index (χ3n) is 2.94. The summed E-state index contributed by atoms with van der Waals surface area (Å²) in [6.45, 7) is 7.10. The number of nitrogens with one attached hydrogen (secondary N) is 1. The normalized spacial score (nSPS) is 25.1.